The van der Waals surface area contributed by atoms with Crippen LogP contribution in [0.5, 0.6) is 0 Å². The van der Waals surface area contributed by atoms with Gasteiger partial charge in [-0.05, 0) is 25.5 Å². The Bertz CT molecular complexity index is 560. The Kier molecular flexibility index (Phi) is 10.3. The van der Waals surface area contributed by atoms with Crippen LogP contribution in [-0.2, 0) is 20.8 Å². The lowest BCUT2D eigenvalue weighted by atomic mass is 10.2. The molecule has 2 aliphatic rings. The number of aromatic nitrogens is 1. The molecular formula is C18H30Cl2N4O3. The lowest BCUT2D eigenvalue weighted by Gasteiger charge is -2.36. The van der Waals surface area contributed by atoms with E-state index in [4.69, 9.17) is 9.47 Å². The van der Waals surface area contributed by atoms with Gasteiger partial charge in [0.15, 0.2) is 0 Å². The smallest absolute Gasteiger partial charge is 0.221 e. The van der Waals surface area contributed by atoms with E-state index in [0.29, 0.717) is 19.6 Å². The molecule has 3 atom stereocenters. The Hall–Kier alpha value is -1.12. The van der Waals surface area contributed by atoms with Crippen LogP contribution in [0.4, 0.5) is 5.82 Å². The van der Waals surface area contributed by atoms with Crippen LogP contribution in [0.15, 0.2) is 18.3 Å². The zero-order valence-electron chi connectivity index (χ0n) is 15.8. The van der Waals surface area contributed by atoms with Crippen LogP contribution in [0.25, 0.3) is 0 Å². The average molecular weight is 421 g/mol. The van der Waals surface area contributed by atoms with Crippen molar-refractivity contribution in [3.63, 3.8) is 0 Å². The van der Waals surface area contributed by atoms with Gasteiger partial charge < -0.3 is 25.0 Å². The number of anilines is 1. The number of carbonyl (C=O) groups is 1. The summed E-state index contributed by atoms with van der Waals surface area (Å²) in [5.41, 5.74) is 0.999. The molecule has 0 bridgehead atoms. The normalized spacial score (nSPS) is 25.1. The van der Waals surface area contributed by atoms with Crippen molar-refractivity contribution in [2.75, 3.05) is 37.7 Å². The van der Waals surface area contributed by atoms with Gasteiger partial charge >= 0.3 is 0 Å². The Morgan fingerprint density at radius 1 is 1.30 bits per heavy atom. The Balaban J connectivity index is 0.00000182. The number of halogens is 2. The number of rotatable bonds is 5. The van der Waals surface area contributed by atoms with Crippen LogP contribution in [0.1, 0.15) is 25.8 Å². The Morgan fingerprint density at radius 2 is 2.04 bits per heavy atom. The summed E-state index contributed by atoms with van der Waals surface area (Å²) < 4.78 is 11.1. The fourth-order valence-corrected chi connectivity index (χ4v) is 3.32. The molecule has 2 fully saturated rings. The summed E-state index contributed by atoms with van der Waals surface area (Å²) in [7, 11) is 0. The summed E-state index contributed by atoms with van der Waals surface area (Å²) in [4.78, 5) is 18.8. The number of pyridine rings is 1. The number of ether oxygens (including phenoxy) is 2. The van der Waals surface area contributed by atoms with E-state index >= 15 is 0 Å². The van der Waals surface area contributed by atoms with Gasteiger partial charge in [0.2, 0.25) is 5.91 Å². The molecule has 2 aliphatic heterocycles. The van der Waals surface area contributed by atoms with E-state index in [9.17, 15) is 4.79 Å². The van der Waals surface area contributed by atoms with Crippen molar-refractivity contribution in [1.29, 1.82) is 0 Å². The standard InChI is InChI=1S/C18H28N4O3.2ClH/c1-13-10-22(11-14(2)25-13)17-4-3-15(8-20-17)9-21-18(23)7-16-12-24-6-5-19-16;;/h3-4,8,13-14,16,19H,5-7,9-12H2,1-2H3,(H,21,23);2*1H. The summed E-state index contributed by atoms with van der Waals surface area (Å²) in [6.07, 6.45) is 2.70. The van der Waals surface area contributed by atoms with Crippen molar-refractivity contribution in [3.8, 4) is 0 Å². The number of nitrogens with zero attached hydrogens (tertiary/aromatic N) is 2. The predicted molar refractivity (Wildman–Crippen MR) is 110 cm³/mol. The minimum Gasteiger partial charge on any atom is -0.378 e. The second-order valence-corrected chi connectivity index (χ2v) is 6.89. The Morgan fingerprint density at radius 3 is 2.63 bits per heavy atom. The highest BCUT2D eigenvalue weighted by atomic mass is 35.5. The molecule has 1 aromatic heterocycles. The quantitative estimate of drug-likeness (QED) is 0.751. The largest absolute Gasteiger partial charge is 0.378 e. The third-order valence-corrected chi connectivity index (χ3v) is 4.47. The van der Waals surface area contributed by atoms with Gasteiger partial charge in [-0.2, -0.15) is 0 Å². The fraction of sp³-hybridized carbons (Fsp3) is 0.667. The maximum absolute atomic E-state index is 12.0. The molecule has 1 aromatic rings. The van der Waals surface area contributed by atoms with E-state index in [2.05, 4.69) is 34.4 Å². The molecule has 3 rings (SSSR count). The lowest BCUT2D eigenvalue weighted by molar-refractivity contribution is -0.122. The molecule has 2 saturated heterocycles. The van der Waals surface area contributed by atoms with Crippen LogP contribution in [0, 0.1) is 0 Å². The number of hydrogen-bond donors (Lipinski definition) is 2. The molecule has 0 spiro atoms. The zero-order chi connectivity index (χ0) is 17.6. The second-order valence-electron chi connectivity index (χ2n) is 6.89. The van der Waals surface area contributed by atoms with Crippen molar-refractivity contribution in [2.45, 2.75) is 45.1 Å². The molecule has 3 unspecified atom stereocenters. The maximum Gasteiger partial charge on any atom is 0.221 e. The van der Waals surface area contributed by atoms with Gasteiger partial charge in [0.1, 0.15) is 5.82 Å². The van der Waals surface area contributed by atoms with Gasteiger partial charge in [-0.1, -0.05) is 6.07 Å². The van der Waals surface area contributed by atoms with Crippen LogP contribution in [-0.4, -0.2) is 62.0 Å². The van der Waals surface area contributed by atoms with Gasteiger partial charge in [-0.15, -0.1) is 24.8 Å². The number of hydrogen-bond acceptors (Lipinski definition) is 6. The summed E-state index contributed by atoms with van der Waals surface area (Å²) in [6.45, 7) is 8.49. The summed E-state index contributed by atoms with van der Waals surface area (Å²) in [6, 6.07) is 4.15. The van der Waals surface area contributed by atoms with Crippen molar-refractivity contribution in [2.24, 2.45) is 0 Å². The first-order chi connectivity index (χ1) is 12.1. The van der Waals surface area contributed by atoms with Crippen molar-refractivity contribution in [3.05, 3.63) is 23.9 Å². The maximum atomic E-state index is 12.0. The first kappa shape index (κ1) is 23.9. The highest BCUT2D eigenvalue weighted by molar-refractivity contribution is 5.85. The molecule has 0 aliphatic carbocycles. The first-order valence-corrected chi connectivity index (χ1v) is 9.03. The third kappa shape index (κ3) is 7.43. The second kappa shape index (κ2) is 11.7. The highest BCUT2D eigenvalue weighted by Crippen LogP contribution is 2.18. The van der Waals surface area contributed by atoms with Crippen LogP contribution < -0.4 is 15.5 Å². The molecule has 0 radical (unpaired) electrons. The minimum atomic E-state index is 0. The molecule has 1 amide bonds. The van der Waals surface area contributed by atoms with Gasteiger partial charge in [0.05, 0.1) is 25.4 Å². The van der Waals surface area contributed by atoms with E-state index in [1.807, 2.05) is 18.3 Å². The summed E-state index contributed by atoms with van der Waals surface area (Å²) in [5.74, 6) is 0.989. The third-order valence-electron chi connectivity index (χ3n) is 4.47. The fourth-order valence-electron chi connectivity index (χ4n) is 3.32. The van der Waals surface area contributed by atoms with Crippen molar-refractivity contribution >= 4 is 36.5 Å². The number of amides is 1. The van der Waals surface area contributed by atoms with E-state index in [-0.39, 0.29) is 49.0 Å². The molecule has 0 saturated carbocycles. The van der Waals surface area contributed by atoms with Crippen LogP contribution in [0.3, 0.4) is 0 Å². The van der Waals surface area contributed by atoms with Gasteiger partial charge in [-0.3, -0.25) is 4.79 Å². The molecule has 2 N–H and O–H groups in total. The zero-order valence-corrected chi connectivity index (χ0v) is 17.5. The van der Waals surface area contributed by atoms with Crippen molar-refractivity contribution in [1.82, 2.24) is 15.6 Å². The SMILES string of the molecule is CC1CN(c2ccc(CNC(=O)CC3COCCN3)cn2)CC(C)O1.Cl.Cl. The monoisotopic (exact) mass is 420 g/mol. The van der Waals surface area contributed by atoms with Crippen molar-refractivity contribution < 1.29 is 14.3 Å². The van der Waals surface area contributed by atoms with E-state index in [1.54, 1.807) is 0 Å². The summed E-state index contributed by atoms with van der Waals surface area (Å²) >= 11 is 0. The Labute approximate surface area is 173 Å². The van der Waals surface area contributed by atoms with E-state index in [1.165, 1.54) is 0 Å². The number of carbonyl (C=O) groups excluding carboxylic acids is 1. The predicted octanol–water partition coefficient (Wildman–Crippen LogP) is 1.53. The topological polar surface area (TPSA) is 75.7 Å². The van der Waals surface area contributed by atoms with E-state index < -0.39 is 0 Å². The highest BCUT2D eigenvalue weighted by Gasteiger charge is 2.23. The van der Waals surface area contributed by atoms with Crippen LogP contribution >= 0.6 is 24.8 Å². The lowest BCUT2D eigenvalue weighted by Crippen LogP contribution is -2.45. The molecular weight excluding hydrogens is 391 g/mol. The number of morpholine rings is 2. The van der Waals surface area contributed by atoms with E-state index in [0.717, 1.165) is 37.6 Å². The average Bonchev–Trinajstić information content (AvgIpc) is 2.60. The minimum absolute atomic E-state index is 0. The molecule has 27 heavy (non-hydrogen) atoms. The van der Waals surface area contributed by atoms with Crippen LogP contribution in [0.2, 0.25) is 0 Å². The molecule has 7 nitrogen and oxygen atoms in total. The summed E-state index contributed by atoms with van der Waals surface area (Å²) in [5, 5.41) is 6.24. The van der Waals surface area contributed by atoms with Gasteiger partial charge in [-0.25, -0.2) is 4.98 Å². The molecule has 154 valence electrons. The molecule has 9 heteroatoms. The molecule has 3 heterocycles. The van der Waals surface area contributed by atoms with Gasteiger partial charge in [0.25, 0.3) is 0 Å². The number of nitrogens with one attached hydrogen (secondary N) is 2. The first-order valence-electron chi connectivity index (χ1n) is 9.03. The van der Waals surface area contributed by atoms with Gasteiger partial charge in [0, 0.05) is 44.8 Å². The molecule has 0 aromatic carbocycles.